The predicted octanol–water partition coefficient (Wildman–Crippen LogP) is -0.274. The molecule has 0 aromatic carbocycles. The zero-order valence-electron chi connectivity index (χ0n) is 13.3. The van der Waals surface area contributed by atoms with E-state index in [4.69, 9.17) is 14.2 Å². The van der Waals surface area contributed by atoms with E-state index in [9.17, 15) is 14.7 Å². The molecule has 22 heavy (non-hydrogen) atoms. The Morgan fingerprint density at radius 2 is 2.09 bits per heavy atom. The Morgan fingerprint density at radius 3 is 2.68 bits per heavy atom. The van der Waals surface area contributed by atoms with Crippen molar-refractivity contribution in [3.63, 3.8) is 0 Å². The van der Waals surface area contributed by atoms with Gasteiger partial charge in [0.05, 0.1) is 18.6 Å². The van der Waals surface area contributed by atoms with Crippen LogP contribution in [0.4, 0.5) is 0 Å². The van der Waals surface area contributed by atoms with E-state index in [1.807, 2.05) is 13.8 Å². The quantitative estimate of drug-likeness (QED) is 0.703. The van der Waals surface area contributed by atoms with E-state index in [1.165, 1.54) is 26.3 Å². The third-order valence-corrected chi connectivity index (χ3v) is 3.98. The number of rotatable bonds is 5. The highest BCUT2D eigenvalue weighted by Crippen LogP contribution is 2.31. The van der Waals surface area contributed by atoms with E-state index in [-0.39, 0.29) is 18.6 Å². The second kappa shape index (κ2) is 6.87. The molecule has 3 unspecified atom stereocenters. The molecule has 0 aromatic rings. The lowest BCUT2D eigenvalue weighted by Gasteiger charge is -2.28. The fourth-order valence-corrected chi connectivity index (χ4v) is 2.74. The van der Waals surface area contributed by atoms with Gasteiger partial charge in [-0.05, 0) is 13.8 Å². The molecule has 5 atom stereocenters. The van der Waals surface area contributed by atoms with Crippen LogP contribution in [0.1, 0.15) is 13.8 Å². The van der Waals surface area contributed by atoms with Gasteiger partial charge < -0.3 is 19.3 Å². The standard InChI is InChI=1S/C15H23NO6/c1-8(2)21-7-10-14(20-4)12(18)13(22-10)9-5-6-11(17)16(3)15(9)19/h5-6,8-10,12-14,18H,7H2,1-4H3/t9?,10-,12?,13+,14?/m1/s1. The number of ether oxygens (including phenoxy) is 3. The molecular weight excluding hydrogens is 290 g/mol. The summed E-state index contributed by atoms with van der Waals surface area (Å²) in [6.07, 6.45) is 0.0661. The van der Waals surface area contributed by atoms with E-state index >= 15 is 0 Å². The highest BCUT2D eigenvalue weighted by Gasteiger charge is 2.50. The summed E-state index contributed by atoms with van der Waals surface area (Å²) >= 11 is 0. The van der Waals surface area contributed by atoms with Crippen LogP contribution in [0.5, 0.6) is 0 Å². The Hall–Kier alpha value is -1.28. The number of imide groups is 1. The molecule has 2 aliphatic rings. The first kappa shape index (κ1) is 17.1. The van der Waals surface area contributed by atoms with E-state index in [1.54, 1.807) is 0 Å². The van der Waals surface area contributed by atoms with Crippen LogP contribution in [0.15, 0.2) is 12.2 Å². The predicted molar refractivity (Wildman–Crippen MR) is 77.0 cm³/mol. The molecule has 0 aliphatic carbocycles. The summed E-state index contributed by atoms with van der Waals surface area (Å²) in [4.78, 5) is 24.7. The molecule has 0 bridgehead atoms. The van der Waals surface area contributed by atoms with E-state index in [0.717, 1.165) is 4.90 Å². The van der Waals surface area contributed by atoms with Gasteiger partial charge in [0.2, 0.25) is 5.91 Å². The van der Waals surface area contributed by atoms with E-state index < -0.39 is 36.2 Å². The van der Waals surface area contributed by atoms with Crippen LogP contribution in [0.3, 0.4) is 0 Å². The number of methoxy groups -OCH3 is 1. The first-order valence-electron chi connectivity index (χ1n) is 7.34. The van der Waals surface area contributed by atoms with Crippen molar-refractivity contribution in [3.05, 3.63) is 12.2 Å². The van der Waals surface area contributed by atoms with Crippen molar-refractivity contribution < 1.29 is 28.9 Å². The summed E-state index contributed by atoms with van der Waals surface area (Å²) in [5.41, 5.74) is 0. The minimum atomic E-state index is -0.967. The third-order valence-electron chi connectivity index (χ3n) is 3.98. The molecule has 0 saturated carbocycles. The minimum absolute atomic E-state index is 0.0252. The van der Waals surface area contributed by atoms with Gasteiger partial charge in [-0.25, -0.2) is 0 Å². The number of likely N-dealkylation sites (N-methyl/N-ethyl adjacent to an activating group) is 1. The van der Waals surface area contributed by atoms with Gasteiger partial charge >= 0.3 is 0 Å². The lowest BCUT2D eigenvalue weighted by Crippen LogP contribution is -2.47. The van der Waals surface area contributed by atoms with Crippen molar-refractivity contribution in [2.24, 2.45) is 5.92 Å². The van der Waals surface area contributed by atoms with Crippen molar-refractivity contribution in [2.75, 3.05) is 20.8 Å². The van der Waals surface area contributed by atoms with E-state index in [2.05, 4.69) is 0 Å². The molecule has 1 saturated heterocycles. The molecule has 0 spiro atoms. The zero-order chi connectivity index (χ0) is 16.4. The van der Waals surface area contributed by atoms with Crippen molar-refractivity contribution >= 4 is 11.8 Å². The van der Waals surface area contributed by atoms with Gasteiger partial charge in [0.25, 0.3) is 5.91 Å². The first-order chi connectivity index (χ1) is 10.4. The van der Waals surface area contributed by atoms with Crippen LogP contribution in [-0.4, -0.2) is 73.1 Å². The Balaban J connectivity index is 2.13. The average Bonchev–Trinajstić information content (AvgIpc) is 2.79. The van der Waals surface area contributed by atoms with Crippen LogP contribution < -0.4 is 0 Å². The number of aliphatic hydroxyl groups is 1. The fraction of sp³-hybridized carbons (Fsp3) is 0.733. The lowest BCUT2D eigenvalue weighted by molar-refractivity contribution is -0.148. The average molecular weight is 313 g/mol. The molecule has 124 valence electrons. The summed E-state index contributed by atoms with van der Waals surface area (Å²) in [5.74, 6) is -1.48. The monoisotopic (exact) mass is 313 g/mol. The van der Waals surface area contributed by atoms with Gasteiger partial charge in [0.15, 0.2) is 0 Å². The summed E-state index contributed by atoms with van der Waals surface area (Å²) in [6.45, 7) is 4.07. The van der Waals surface area contributed by atoms with Crippen LogP contribution in [0, 0.1) is 5.92 Å². The minimum Gasteiger partial charge on any atom is -0.388 e. The Labute approximate surface area is 129 Å². The van der Waals surface area contributed by atoms with E-state index in [0.29, 0.717) is 0 Å². The topological polar surface area (TPSA) is 85.3 Å². The molecule has 1 fully saturated rings. The van der Waals surface area contributed by atoms with Crippen LogP contribution in [0.25, 0.3) is 0 Å². The molecule has 0 aromatic heterocycles. The Kier molecular flexibility index (Phi) is 5.33. The lowest BCUT2D eigenvalue weighted by atomic mass is 9.92. The molecule has 2 heterocycles. The van der Waals surface area contributed by atoms with Gasteiger partial charge in [-0.3, -0.25) is 14.5 Å². The number of amides is 2. The van der Waals surface area contributed by atoms with Crippen LogP contribution in [-0.2, 0) is 23.8 Å². The molecule has 7 heteroatoms. The fourth-order valence-electron chi connectivity index (χ4n) is 2.74. The number of carbonyl (C=O) groups excluding carboxylic acids is 2. The molecule has 1 N–H and O–H groups in total. The van der Waals surface area contributed by atoms with Crippen molar-refractivity contribution in [3.8, 4) is 0 Å². The summed E-state index contributed by atoms with van der Waals surface area (Å²) in [5, 5.41) is 10.4. The first-order valence-corrected chi connectivity index (χ1v) is 7.34. The molecule has 7 nitrogen and oxygen atoms in total. The third kappa shape index (κ3) is 3.22. The maximum atomic E-state index is 12.2. The molecule has 2 rings (SSSR count). The van der Waals surface area contributed by atoms with Gasteiger partial charge in [0, 0.05) is 20.2 Å². The number of carbonyl (C=O) groups is 2. The van der Waals surface area contributed by atoms with Gasteiger partial charge in [-0.15, -0.1) is 0 Å². The van der Waals surface area contributed by atoms with Crippen LogP contribution in [0.2, 0.25) is 0 Å². The number of hydrogen-bond acceptors (Lipinski definition) is 6. The summed E-state index contributed by atoms with van der Waals surface area (Å²) in [7, 11) is 2.89. The number of nitrogens with zero attached hydrogens (tertiary/aromatic N) is 1. The zero-order valence-corrected chi connectivity index (χ0v) is 13.3. The summed E-state index contributed by atoms with van der Waals surface area (Å²) < 4.78 is 16.6. The van der Waals surface area contributed by atoms with Crippen molar-refractivity contribution in [1.29, 1.82) is 0 Å². The highest BCUT2D eigenvalue weighted by atomic mass is 16.6. The Bertz CT molecular complexity index is 463. The molecular formula is C15H23NO6. The number of aliphatic hydroxyl groups excluding tert-OH is 1. The second-order valence-electron chi connectivity index (χ2n) is 5.83. The Morgan fingerprint density at radius 1 is 1.41 bits per heavy atom. The molecule has 2 aliphatic heterocycles. The second-order valence-corrected chi connectivity index (χ2v) is 5.83. The van der Waals surface area contributed by atoms with Gasteiger partial charge in [0.1, 0.15) is 24.4 Å². The molecule has 2 amide bonds. The molecule has 0 radical (unpaired) electrons. The van der Waals surface area contributed by atoms with Crippen molar-refractivity contribution in [2.45, 2.75) is 44.4 Å². The highest BCUT2D eigenvalue weighted by molar-refractivity contribution is 6.05. The van der Waals surface area contributed by atoms with Crippen LogP contribution >= 0.6 is 0 Å². The number of hydrogen-bond donors (Lipinski definition) is 1. The normalized spacial score (nSPS) is 35.7. The SMILES string of the molecule is COC1C(O)[C@H](C2C=CC(=O)N(C)C2=O)O[C@@H]1COC(C)C. The van der Waals surface area contributed by atoms with Gasteiger partial charge in [-0.1, -0.05) is 6.08 Å². The largest absolute Gasteiger partial charge is 0.388 e. The van der Waals surface area contributed by atoms with Crippen molar-refractivity contribution in [1.82, 2.24) is 4.90 Å². The maximum Gasteiger partial charge on any atom is 0.252 e. The smallest absolute Gasteiger partial charge is 0.252 e. The summed E-state index contributed by atoms with van der Waals surface area (Å²) in [6, 6.07) is 0. The maximum absolute atomic E-state index is 12.2. The van der Waals surface area contributed by atoms with Gasteiger partial charge in [-0.2, -0.15) is 0 Å².